The molecule has 4 nitrogen and oxygen atoms in total. The van der Waals surface area contributed by atoms with Gasteiger partial charge >= 0.3 is 0 Å². The van der Waals surface area contributed by atoms with E-state index in [4.69, 9.17) is 5.73 Å². The Bertz CT molecular complexity index is 757. The highest BCUT2D eigenvalue weighted by molar-refractivity contribution is 7.14. The maximum Gasteiger partial charge on any atom is 0.162 e. The molecule has 1 aromatic carbocycles. The van der Waals surface area contributed by atoms with Crippen molar-refractivity contribution in [2.24, 2.45) is 0 Å². The summed E-state index contributed by atoms with van der Waals surface area (Å²) in [7, 11) is 0. The van der Waals surface area contributed by atoms with E-state index in [1.165, 1.54) is 11.3 Å². The molecule has 0 aliphatic heterocycles. The number of rotatable bonds is 3. The molecule has 3 N–H and O–H groups in total. The van der Waals surface area contributed by atoms with Crippen LogP contribution >= 0.6 is 11.3 Å². The van der Waals surface area contributed by atoms with Crippen LogP contribution in [0.25, 0.3) is 22.4 Å². The number of hydrogen-bond donors (Lipinski definition) is 2. The average molecular weight is 271 g/mol. The molecule has 2 heterocycles. The van der Waals surface area contributed by atoms with Crippen LogP contribution in [0.3, 0.4) is 0 Å². The molecule has 0 aliphatic carbocycles. The summed E-state index contributed by atoms with van der Waals surface area (Å²) in [6.45, 7) is 1.86. The summed E-state index contributed by atoms with van der Waals surface area (Å²) in [6, 6.07) is 7.43. The summed E-state index contributed by atoms with van der Waals surface area (Å²) in [5, 5.41) is 2.72. The highest BCUT2D eigenvalue weighted by atomic mass is 32.1. The van der Waals surface area contributed by atoms with Crippen LogP contribution in [0.5, 0.6) is 0 Å². The molecule has 5 heteroatoms. The quantitative estimate of drug-likeness (QED) is 0.716. The zero-order valence-electron chi connectivity index (χ0n) is 10.4. The van der Waals surface area contributed by atoms with Gasteiger partial charge in [0.25, 0.3) is 0 Å². The van der Waals surface area contributed by atoms with E-state index in [2.05, 4.69) is 9.97 Å². The molecular formula is C14H13N3OS. The predicted molar refractivity (Wildman–Crippen MR) is 78.4 cm³/mol. The van der Waals surface area contributed by atoms with Crippen LogP contribution in [0.1, 0.15) is 23.7 Å². The molecule has 0 unspecified atom stereocenters. The Kier molecular flexibility index (Phi) is 2.83. The largest absolute Gasteiger partial charge is 0.391 e. The topological polar surface area (TPSA) is 71.8 Å². The van der Waals surface area contributed by atoms with E-state index in [1.54, 1.807) is 0 Å². The molecular weight excluding hydrogens is 258 g/mol. The van der Waals surface area contributed by atoms with Crippen LogP contribution in [0.2, 0.25) is 0 Å². The number of carbonyl (C=O) groups excluding carboxylic acids is 1. The van der Waals surface area contributed by atoms with Crippen molar-refractivity contribution in [2.75, 3.05) is 5.73 Å². The number of benzene rings is 1. The number of ketones is 1. The van der Waals surface area contributed by atoms with Gasteiger partial charge < -0.3 is 10.7 Å². The lowest BCUT2D eigenvalue weighted by atomic mass is 10.1. The van der Waals surface area contributed by atoms with E-state index in [9.17, 15) is 4.79 Å². The number of thiophene rings is 1. The standard InChI is InChI=1S/C14H13N3OS/c1-2-12(18)8-3-4-10-11(5-8)17-14(16-10)9-6-13(15)19-7-9/h3-7H,2,15H2,1H3,(H,16,17). The summed E-state index contributed by atoms with van der Waals surface area (Å²) in [5.74, 6) is 0.918. The number of nitrogens with two attached hydrogens (primary N) is 1. The van der Waals surface area contributed by atoms with Gasteiger partial charge in [0.2, 0.25) is 0 Å². The highest BCUT2D eigenvalue weighted by Gasteiger charge is 2.09. The fraction of sp³-hybridized carbons (Fsp3) is 0.143. The zero-order chi connectivity index (χ0) is 13.4. The summed E-state index contributed by atoms with van der Waals surface area (Å²) in [6.07, 6.45) is 0.508. The lowest BCUT2D eigenvalue weighted by Crippen LogP contribution is -1.95. The maximum atomic E-state index is 11.7. The molecule has 0 fully saturated rings. The van der Waals surface area contributed by atoms with Crippen molar-refractivity contribution in [1.82, 2.24) is 9.97 Å². The molecule has 19 heavy (non-hydrogen) atoms. The van der Waals surface area contributed by atoms with Crippen molar-refractivity contribution in [3.63, 3.8) is 0 Å². The van der Waals surface area contributed by atoms with E-state index in [-0.39, 0.29) is 5.78 Å². The minimum Gasteiger partial charge on any atom is -0.391 e. The van der Waals surface area contributed by atoms with Crippen molar-refractivity contribution in [2.45, 2.75) is 13.3 Å². The molecule has 0 saturated heterocycles. The van der Waals surface area contributed by atoms with Crippen molar-refractivity contribution >= 4 is 33.2 Å². The number of imidazole rings is 1. The second-order valence-electron chi connectivity index (χ2n) is 4.33. The molecule has 0 spiro atoms. The second kappa shape index (κ2) is 4.51. The van der Waals surface area contributed by atoms with Gasteiger partial charge in [0.1, 0.15) is 5.82 Å². The van der Waals surface area contributed by atoms with Gasteiger partial charge in [0.05, 0.1) is 16.0 Å². The second-order valence-corrected chi connectivity index (χ2v) is 5.27. The van der Waals surface area contributed by atoms with Gasteiger partial charge in [-0.25, -0.2) is 4.98 Å². The highest BCUT2D eigenvalue weighted by Crippen LogP contribution is 2.27. The number of H-pyrrole nitrogens is 1. The number of anilines is 1. The van der Waals surface area contributed by atoms with E-state index >= 15 is 0 Å². The first-order valence-electron chi connectivity index (χ1n) is 6.04. The van der Waals surface area contributed by atoms with Crippen LogP contribution in [0, 0.1) is 0 Å². The van der Waals surface area contributed by atoms with Gasteiger partial charge in [-0.3, -0.25) is 4.79 Å². The number of carbonyl (C=O) groups is 1. The first kappa shape index (κ1) is 11.9. The third-order valence-electron chi connectivity index (χ3n) is 3.02. The Morgan fingerprint density at radius 3 is 2.95 bits per heavy atom. The lowest BCUT2D eigenvalue weighted by Gasteiger charge is -1.96. The van der Waals surface area contributed by atoms with E-state index in [0.717, 1.165) is 33.0 Å². The Labute approximate surface area is 114 Å². The van der Waals surface area contributed by atoms with E-state index in [1.807, 2.05) is 36.6 Å². The first-order chi connectivity index (χ1) is 9.17. The molecule has 0 saturated carbocycles. The molecule has 2 aromatic heterocycles. The fourth-order valence-corrected chi connectivity index (χ4v) is 2.64. The molecule has 0 radical (unpaired) electrons. The van der Waals surface area contributed by atoms with E-state index in [0.29, 0.717) is 6.42 Å². The predicted octanol–water partition coefficient (Wildman–Crippen LogP) is 3.47. The Morgan fingerprint density at radius 1 is 1.42 bits per heavy atom. The number of aromatic nitrogens is 2. The SMILES string of the molecule is CCC(=O)c1ccc2nc(-c3csc(N)c3)[nH]c2c1. The number of hydrogen-bond acceptors (Lipinski definition) is 4. The van der Waals surface area contributed by atoms with Crippen molar-refractivity contribution in [3.8, 4) is 11.4 Å². The molecule has 3 rings (SSSR count). The van der Waals surface area contributed by atoms with Crippen LogP contribution in [0.4, 0.5) is 5.00 Å². The van der Waals surface area contributed by atoms with Crippen molar-refractivity contribution in [3.05, 3.63) is 35.2 Å². The van der Waals surface area contributed by atoms with Crippen LogP contribution in [0.15, 0.2) is 29.6 Å². The lowest BCUT2D eigenvalue weighted by molar-refractivity contribution is 0.0988. The van der Waals surface area contributed by atoms with Gasteiger partial charge in [0, 0.05) is 22.9 Å². The Morgan fingerprint density at radius 2 is 2.26 bits per heavy atom. The number of Topliss-reactive ketones (excluding diaryl/α,β-unsaturated/α-hetero) is 1. The summed E-state index contributed by atoms with van der Waals surface area (Å²) in [5.41, 5.74) is 9.14. The summed E-state index contributed by atoms with van der Waals surface area (Å²) >= 11 is 1.48. The van der Waals surface area contributed by atoms with Crippen LogP contribution in [-0.4, -0.2) is 15.8 Å². The van der Waals surface area contributed by atoms with Gasteiger partial charge in [-0.1, -0.05) is 6.92 Å². The number of aromatic amines is 1. The molecule has 0 bridgehead atoms. The third-order valence-corrected chi connectivity index (χ3v) is 3.78. The maximum absolute atomic E-state index is 11.7. The van der Waals surface area contributed by atoms with Gasteiger partial charge in [-0.05, 0) is 24.3 Å². The van der Waals surface area contributed by atoms with Crippen LogP contribution in [-0.2, 0) is 0 Å². The molecule has 96 valence electrons. The number of nitrogens with zero attached hydrogens (tertiary/aromatic N) is 1. The van der Waals surface area contributed by atoms with Crippen LogP contribution < -0.4 is 5.73 Å². The summed E-state index contributed by atoms with van der Waals surface area (Å²) in [4.78, 5) is 19.4. The summed E-state index contributed by atoms with van der Waals surface area (Å²) < 4.78 is 0. The normalized spacial score (nSPS) is 11.0. The van der Waals surface area contributed by atoms with Gasteiger partial charge in [-0.2, -0.15) is 0 Å². The first-order valence-corrected chi connectivity index (χ1v) is 6.92. The molecule has 0 atom stereocenters. The Balaban J connectivity index is 2.08. The van der Waals surface area contributed by atoms with Crippen molar-refractivity contribution < 1.29 is 4.79 Å². The average Bonchev–Trinajstić information content (AvgIpc) is 3.02. The Hall–Kier alpha value is -2.14. The van der Waals surface area contributed by atoms with Gasteiger partial charge in [-0.15, -0.1) is 11.3 Å². The van der Waals surface area contributed by atoms with E-state index < -0.39 is 0 Å². The van der Waals surface area contributed by atoms with Gasteiger partial charge in [0.15, 0.2) is 5.78 Å². The number of fused-ring (bicyclic) bond motifs is 1. The number of nitrogens with one attached hydrogen (secondary N) is 1. The fourth-order valence-electron chi connectivity index (χ4n) is 2.00. The number of nitrogen functional groups attached to an aromatic ring is 1. The molecule has 0 aliphatic rings. The zero-order valence-corrected chi connectivity index (χ0v) is 11.3. The van der Waals surface area contributed by atoms with Crippen molar-refractivity contribution in [1.29, 1.82) is 0 Å². The minimum atomic E-state index is 0.137. The molecule has 0 amide bonds. The molecule has 3 aromatic rings. The minimum absolute atomic E-state index is 0.137. The monoisotopic (exact) mass is 271 g/mol. The third kappa shape index (κ3) is 2.13. The smallest absolute Gasteiger partial charge is 0.162 e.